The summed E-state index contributed by atoms with van der Waals surface area (Å²) in [6.45, 7) is 6.33. The minimum Gasteiger partial charge on any atom is -0.496 e. The van der Waals surface area contributed by atoms with E-state index in [1.807, 2.05) is 6.92 Å². The van der Waals surface area contributed by atoms with Gasteiger partial charge in [-0.25, -0.2) is 0 Å². The van der Waals surface area contributed by atoms with E-state index in [9.17, 15) is 14.7 Å². The van der Waals surface area contributed by atoms with Crippen LogP contribution in [-0.2, 0) is 9.53 Å². The minimum absolute atomic E-state index is 0.240. The van der Waals surface area contributed by atoms with Crippen molar-refractivity contribution in [1.82, 2.24) is 4.98 Å². The number of aromatic amines is 1. The van der Waals surface area contributed by atoms with Crippen LogP contribution in [0, 0.1) is 6.92 Å². The molecule has 1 unspecified atom stereocenters. The van der Waals surface area contributed by atoms with Gasteiger partial charge in [-0.05, 0) is 45.9 Å². The average molecular weight is 389 g/mol. The molecule has 0 aliphatic carbocycles. The second kappa shape index (κ2) is 8.16. The van der Waals surface area contributed by atoms with Crippen molar-refractivity contribution in [2.75, 3.05) is 21.3 Å². The normalized spacial score (nSPS) is 13.1. The van der Waals surface area contributed by atoms with E-state index in [0.29, 0.717) is 33.7 Å². The van der Waals surface area contributed by atoms with Gasteiger partial charge in [-0.1, -0.05) is 0 Å². The molecule has 2 N–H and O–H groups in total. The number of methoxy groups -OCH3 is 3. The van der Waals surface area contributed by atoms with Crippen LogP contribution in [0.3, 0.4) is 0 Å². The summed E-state index contributed by atoms with van der Waals surface area (Å²) in [5.74, 6) is 0.395. The highest BCUT2D eigenvalue weighted by atomic mass is 16.5. The van der Waals surface area contributed by atoms with Crippen molar-refractivity contribution < 1.29 is 24.1 Å². The van der Waals surface area contributed by atoms with Gasteiger partial charge in [0.05, 0.1) is 31.2 Å². The molecule has 0 bridgehead atoms. The van der Waals surface area contributed by atoms with Crippen LogP contribution in [0.15, 0.2) is 16.9 Å². The number of nitrogens with one attached hydrogen (secondary N) is 1. The molecule has 2 rings (SSSR count). The molecule has 7 nitrogen and oxygen atoms in total. The Morgan fingerprint density at radius 1 is 1.25 bits per heavy atom. The van der Waals surface area contributed by atoms with Gasteiger partial charge in [-0.3, -0.25) is 9.59 Å². The molecule has 28 heavy (non-hydrogen) atoms. The Kier molecular flexibility index (Phi) is 6.31. The molecule has 0 fully saturated rings. The Hall–Kier alpha value is -2.64. The molecule has 0 radical (unpaired) electrons. The van der Waals surface area contributed by atoms with Gasteiger partial charge in [0.15, 0.2) is 11.2 Å². The summed E-state index contributed by atoms with van der Waals surface area (Å²) in [6, 6.07) is 1.73. The van der Waals surface area contributed by atoms with Crippen molar-refractivity contribution in [2.24, 2.45) is 0 Å². The molecule has 7 heteroatoms. The molecule has 0 saturated heterocycles. The maximum Gasteiger partial charge on any atom is 0.196 e. The minimum atomic E-state index is -1.50. The predicted molar refractivity (Wildman–Crippen MR) is 108 cm³/mol. The Balaban J connectivity index is 2.84. The summed E-state index contributed by atoms with van der Waals surface area (Å²) in [6.07, 6.45) is 2.43. The second-order valence-electron chi connectivity index (χ2n) is 7.08. The first kappa shape index (κ1) is 21.7. The number of rotatable bonds is 7. The van der Waals surface area contributed by atoms with Crippen LogP contribution in [-0.4, -0.2) is 42.8 Å². The van der Waals surface area contributed by atoms with E-state index in [-0.39, 0.29) is 11.5 Å². The number of benzene rings is 1. The van der Waals surface area contributed by atoms with E-state index in [1.165, 1.54) is 40.2 Å². The number of hydrogen-bond acceptors (Lipinski definition) is 6. The van der Waals surface area contributed by atoms with Gasteiger partial charge in [0.2, 0.25) is 0 Å². The zero-order valence-electron chi connectivity index (χ0n) is 17.3. The number of aliphatic hydroxyl groups is 1. The predicted octanol–water partition coefficient (Wildman–Crippen LogP) is 2.91. The van der Waals surface area contributed by atoms with E-state index >= 15 is 0 Å². The van der Waals surface area contributed by atoms with Gasteiger partial charge < -0.3 is 24.3 Å². The monoisotopic (exact) mass is 389 g/mol. The van der Waals surface area contributed by atoms with Gasteiger partial charge in [-0.15, -0.1) is 0 Å². The van der Waals surface area contributed by atoms with E-state index in [0.717, 1.165) is 5.56 Å². The highest BCUT2D eigenvalue weighted by Gasteiger charge is 2.23. The lowest BCUT2D eigenvalue weighted by molar-refractivity contribution is -0.128. The van der Waals surface area contributed by atoms with E-state index in [2.05, 4.69) is 4.98 Å². The number of ketones is 1. The Labute approximate surface area is 163 Å². The molecule has 0 aliphatic heterocycles. The highest BCUT2D eigenvalue weighted by Crippen LogP contribution is 2.38. The summed E-state index contributed by atoms with van der Waals surface area (Å²) >= 11 is 0. The summed E-state index contributed by atoms with van der Waals surface area (Å²) < 4.78 is 16.4. The first-order chi connectivity index (χ1) is 13.1. The number of aromatic nitrogens is 1. The van der Waals surface area contributed by atoms with Crippen LogP contribution >= 0.6 is 0 Å². The lowest BCUT2D eigenvalue weighted by atomic mass is 10.0. The van der Waals surface area contributed by atoms with Gasteiger partial charge >= 0.3 is 0 Å². The lowest BCUT2D eigenvalue weighted by Crippen LogP contribution is -2.29. The third-order valence-electron chi connectivity index (χ3n) is 4.72. The van der Waals surface area contributed by atoms with Gasteiger partial charge in [0.25, 0.3) is 0 Å². The molecule has 1 atom stereocenters. The zero-order chi connectivity index (χ0) is 21.2. The molecular formula is C21H27NO6. The molecule has 1 aromatic heterocycles. The first-order valence-corrected chi connectivity index (χ1v) is 8.85. The average Bonchev–Trinajstić information content (AvgIpc) is 2.66. The van der Waals surface area contributed by atoms with E-state index in [1.54, 1.807) is 20.1 Å². The fourth-order valence-electron chi connectivity index (χ4n) is 2.88. The largest absolute Gasteiger partial charge is 0.496 e. The van der Waals surface area contributed by atoms with Crippen molar-refractivity contribution >= 4 is 22.8 Å². The lowest BCUT2D eigenvalue weighted by Gasteiger charge is -2.19. The maximum absolute atomic E-state index is 13.0. The maximum atomic E-state index is 13.0. The van der Waals surface area contributed by atoms with Crippen molar-refractivity contribution in [3.63, 3.8) is 0 Å². The van der Waals surface area contributed by atoms with Crippen LogP contribution in [0.4, 0.5) is 0 Å². The number of ether oxygens (including phenoxy) is 3. The van der Waals surface area contributed by atoms with Crippen molar-refractivity contribution in [3.8, 4) is 11.5 Å². The number of hydrogen-bond donors (Lipinski definition) is 2. The standard InChI is InChI=1S/C21H27NO6/c1-11-14(8-9-16(23)21(3,4)25)22-18-17(19(11)24)15(27-6)10-13(12(2)26-5)20(18)28-7/h8-10,12,25H,1-7H3,(H,22,24). The number of carbonyl (C=O) groups excluding carboxylic acids is 1. The molecule has 2 aromatic rings. The molecular weight excluding hydrogens is 362 g/mol. The molecule has 0 aliphatic rings. The SMILES string of the molecule is COc1c(C(C)OC)cc(OC)c2c(=O)c(C)c(C=CC(=O)C(C)(C)O)[nH]c12. The van der Waals surface area contributed by atoms with Crippen LogP contribution in [0.2, 0.25) is 0 Å². The van der Waals surface area contributed by atoms with E-state index in [4.69, 9.17) is 14.2 Å². The summed E-state index contributed by atoms with van der Waals surface area (Å²) in [5, 5.41) is 10.2. The summed E-state index contributed by atoms with van der Waals surface area (Å²) in [7, 11) is 4.58. The second-order valence-corrected chi connectivity index (χ2v) is 7.08. The number of carbonyl (C=O) groups is 1. The third kappa shape index (κ3) is 3.95. The third-order valence-corrected chi connectivity index (χ3v) is 4.72. The Morgan fingerprint density at radius 3 is 2.39 bits per heavy atom. The summed E-state index contributed by atoms with van der Waals surface area (Å²) in [4.78, 5) is 28.2. The van der Waals surface area contributed by atoms with Crippen molar-refractivity contribution in [1.29, 1.82) is 0 Å². The van der Waals surface area contributed by atoms with Crippen molar-refractivity contribution in [2.45, 2.75) is 39.4 Å². The molecule has 1 aromatic carbocycles. The smallest absolute Gasteiger partial charge is 0.196 e. The molecule has 0 saturated carbocycles. The Bertz CT molecular complexity index is 981. The first-order valence-electron chi connectivity index (χ1n) is 8.85. The number of pyridine rings is 1. The topological polar surface area (TPSA) is 97.8 Å². The number of fused-ring (bicyclic) bond motifs is 1. The van der Waals surface area contributed by atoms with Crippen LogP contribution in [0.5, 0.6) is 11.5 Å². The molecule has 1 heterocycles. The zero-order valence-corrected chi connectivity index (χ0v) is 17.3. The van der Waals surface area contributed by atoms with Crippen LogP contribution < -0.4 is 14.9 Å². The highest BCUT2D eigenvalue weighted by molar-refractivity contribution is 5.99. The molecule has 0 amide bonds. The van der Waals surface area contributed by atoms with E-state index < -0.39 is 11.4 Å². The van der Waals surface area contributed by atoms with Gasteiger partial charge in [0, 0.05) is 23.9 Å². The molecule has 0 spiro atoms. The van der Waals surface area contributed by atoms with Crippen LogP contribution in [0.1, 0.15) is 43.7 Å². The Morgan fingerprint density at radius 2 is 1.89 bits per heavy atom. The number of H-pyrrole nitrogens is 1. The quantitative estimate of drug-likeness (QED) is 0.707. The van der Waals surface area contributed by atoms with Crippen LogP contribution in [0.25, 0.3) is 17.0 Å². The van der Waals surface area contributed by atoms with Crippen molar-refractivity contribution in [3.05, 3.63) is 39.2 Å². The fourth-order valence-corrected chi connectivity index (χ4v) is 2.88. The fraction of sp³-hybridized carbons (Fsp3) is 0.429. The summed E-state index contributed by atoms with van der Waals surface area (Å²) in [5.41, 5.74) is 0.292. The van der Waals surface area contributed by atoms with Gasteiger partial charge in [0.1, 0.15) is 17.1 Å². The molecule has 152 valence electrons. The van der Waals surface area contributed by atoms with Gasteiger partial charge in [-0.2, -0.15) is 0 Å².